The van der Waals surface area contributed by atoms with Crippen LogP contribution in [0.5, 0.6) is 0 Å². The van der Waals surface area contributed by atoms with Crippen molar-refractivity contribution in [3.05, 3.63) is 12.7 Å². The molecule has 2 aromatic heterocycles. The van der Waals surface area contributed by atoms with E-state index in [1.807, 2.05) is 23.6 Å². The second-order valence-electron chi connectivity index (χ2n) is 11.8. The van der Waals surface area contributed by atoms with Crippen molar-refractivity contribution in [2.24, 2.45) is 4.99 Å². The molecule has 198 valence electrons. The van der Waals surface area contributed by atoms with E-state index in [4.69, 9.17) is 18.6 Å². The standard InChI is InChI=1S/C24H39N7O4Si/c1-23(2,3)36(6,7)35-19-18-22(34-24(19,13-33-18)12-30-8-10-32-11-9-30)31-16-27-17-20(28-15-29(4)5)25-14-26-21(17)31/h14-16,18-19,22H,8-13H2,1-7H3/t18?,19-,22-,24+/m1/s1. The molecule has 4 atom stereocenters. The Bertz CT molecular complexity index is 1110. The topological polar surface area (TPSA) is 99.4 Å². The van der Waals surface area contributed by atoms with Gasteiger partial charge in [-0.3, -0.25) is 9.47 Å². The maximum Gasteiger partial charge on any atom is 0.192 e. The highest BCUT2D eigenvalue weighted by Gasteiger charge is 2.65. The van der Waals surface area contributed by atoms with Gasteiger partial charge in [0.05, 0.1) is 32.5 Å². The summed E-state index contributed by atoms with van der Waals surface area (Å²) in [4.78, 5) is 22.2. The van der Waals surface area contributed by atoms with Crippen LogP contribution in [0, 0.1) is 0 Å². The summed E-state index contributed by atoms with van der Waals surface area (Å²) < 4.78 is 28.0. The summed E-state index contributed by atoms with van der Waals surface area (Å²) >= 11 is 0. The van der Waals surface area contributed by atoms with Gasteiger partial charge in [0.25, 0.3) is 0 Å². The highest BCUT2D eigenvalue weighted by molar-refractivity contribution is 6.74. The fraction of sp³-hybridized carbons (Fsp3) is 0.750. The fourth-order valence-electron chi connectivity index (χ4n) is 4.83. The molecule has 0 aliphatic carbocycles. The summed E-state index contributed by atoms with van der Waals surface area (Å²) in [5.41, 5.74) is 0.730. The molecular formula is C24H39N7O4Si. The number of hydrogen-bond donors (Lipinski definition) is 0. The van der Waals surface area contributed by atoms with Gasteiger partial charge < -0.3 is 23.5 Å². The Hall–Kier alpha value is -1.96. The minimum atomic E-state index is -2.10. The maximum absolute atomic E-state index is 7.06. The van der Waals surface area contributed by atoms with Gasteiger partial charge in [0.15, 0.2) is 31.5 Å². The molecule has 12 heteroatoms. The van der Waals surface area contributed by atoms with Gasteiger partial charge in [-0.15, -0.1) is 0 Å². The Labute approximate surface area is 213 Å². The van der Waals surface area contributed by atoms with Crippen molar-refractivity contribution in [2.75, 3.05) is 53.6 Å². The Morgan fingerprint density at radius 2 is 1.97 bits per heavy atom. The van der Waals surface area contributed by atoms with E-state index < -0.39 is 20.1 Å². The zero-order chi connectivity index (χ0) is 25.7. The number of hydrogen-bond acceptors (Lipinski definition) is 9. The van der Waals surface area contributed by atoms with Crippen LogP contribution in [0.25, 0.3) is 11.2 Å². The van der Waals surface area contributed by atoms with Gasteiger partial charge in [-0.2, -0.15) is 0 Å². The van der Waals surface area contributed by atoms with E-state index in [2.05, 4.69) is 58.7 Å². The number of aliphatic imine (C=N–C) groups is 1. The Morgan fingerprint density at radius 1 is 1.22 bits per heavy atom. The van der Waals surface area contributed by atoms with Gasteiger partial charge in [-0.05, 0) is 18.1 Å². The fourth-order valence-corrected chi connectivity index (χ4v) is 6.17. The largest absolute Gasteiger partial charge is 0.408 e. The molecule has 0 aromatic carbocycles. The molecule has 1 unspecified atom stereocenters. The van der Waals surface area contributed by atoms with Crippen LogP contribution < -0.4 is 0 Å². The molecule has 36 heavy (non-hydrogen) atoms. The summed E-state index contributed by atoms with van der Waals surface area (Å²) in [6.45, 7) is 15.8. The Morgan fingerprint density at radius 3 is 2.67 bits per heavy atom. The first-order chi connectivity index (χ1) is 17.0. The highest BCUT2D eigenvalue weighted by atomic mass is 28.4. The van der Waals surface area contributed by atoms with Crippen molar-refractivity contribution in [1.82, 2.24) is 29.3 Å². The molecule has 0 radical (unpaired) electrons. The van der Waals surface area contributed by atoms with Gasteiger partial charge in [-0.1, -0.05) is 20.8 Å². The van der Waals surface area contributed by atoms with E-state index in [0.29, 0.717) is 23.6 Å². The van der Waals surface area contributed by atoms with Crippen LogP contribution in [0.3, 0.4) is 0 Å². The molecule has 5 heterocycles. The Balaban J connectivity index is 1.50. The summed E-state index contributed by atoms with van der Waals surface area (Å²) in [5.74, 6) is 0.522. The molecule has 2 aromatic rings. The zero-order valence-electron chi connectivity index (χ0n) is 22.5. The summed E-state index contributed by atoms with van der Waals surface area (Å²) in [7, 11) is 1.73. The van der Waals surface area contributed by atoms with Crippen molar-refractivity contribution >= 4 is 31.6 Å². The van der Waals surface area contributed by atoms with E-state index in [0.717, 1.165) is 32.8 Å². The minimum Gasteiger partial charge on any atom is -0.408 e. The monoisotopic (exact) mass is 517 g/mol. The van der Waals surface area contributed by atoms with Crippen molar-refractivity contribution in [3.8, 4) is 0 Å². The van der Waals surface area contributed by atoms with E-state index in [1.54, 1.807) is 12.7 Å². The summed E-state index contributed by atoms with van der Waals surface area (Å²) in [6.07, 6.45) is 4.13. The van der Waals surface area contributed by atoms with Crippen molar-refractivity contribution in [2.45, 2.75) is 62.9 Å². The molecule has 0 N–H and O–H groups in total. The molecule has 0 spiro atoms. The number of rotatable bonds is 7. The quantitative estimate of drug-likeness (QED) is 0.311. The molecule has 3 aliphatic heterocycles. The molecule has 2 bridgehead atoms. The molecule has 5 rings (SSSR count). The predicted molar refractivity (Wildman–Crippen MR) is 139 cm³/mol. The number of nitrogens with zero attached hydrogens (tertiary/aromatic N) is 7. The van der Waals surface area contributed by atoms with E-state index in [-0.39, 0.29) is 17.2 Å². The molecule has 0 saturated carbocycles. The second-order valence-corrected chi connectivity index (χ2v) is 16.5. The van der Waals surface area contributed by atoms with Crippen LogP contribution in [-0.4, -0.2) is 115 Å². The van der Waals surface area contributed by atoms with Crippen LogP contribution in [0.1, 0.15) is 27.0 Å². The average molecular weight is 518 g/mol. The third-order valence-electron chi connectivity index (χ3n) is 7.82. The summed E-state index contributed by atoms with van der Waals surface area (Å²) in [6, 6.07) is 0. The van der Waals surface area contributed by atoms with Crippen molar-refractivity contribution in [1.29, 1.82) is 0 Å². The number of ether oxygens (including phenoxy) is 3. The molecule has 3 aliphatic rings. The number of imidazole rings is 1. The first-order valence-electron chi connectivity index (χ1n) is 12.7. The van der Waals surface area contributed by atoms with Crippen LogP contribution in [0.4, 0.5) is 5.82 Å². The van der Waals surface area contributed by atoms with E-state index in [1.165, 1.54) is 6.33 Å². The summed E-state index contributed by atoms with van der Waals surface area (Å²) in [5, 5.41) is 0.0684. The van der Waals surface area contributed by atoms with Gasteiger partial charge >= 0.3 is 0 Å². The normalized spacial score (nSPS) is 29.6. The zero-order valence-corrected chi connectivity index (χ0v) is 23.5. The van der Waals surface area contributed by atoms with Crippen LogP contribution in [-0.2, 0) is 18.6 Å². The molecular weight excluding hydrogens is 478 g/mol. The molecule has 0 amide bonds. The van der Waals surface area contributed by atoms with Gasteiger partial charge in [0, 0.05) is 33.7 Å². The smallest absolute Gasteiger partial charge is 0.192 e. The molecule has 11 nitrogen and oxygen atoms in total. The van der Waals surface area contributed by atoms with Gasteiger partial charge in [-0.25, -0.2) is 19.9 Å². The van der Waals surface area contributed by atoms with E-state index in [9.17, 15) is 0 Å². The maximum atomic E-state index is 7.06. The highest BCUT2D eigenvalue weighted by Crippen LogP contribution is 2.50. The SMILES string of the molecule is CN(C)C=Nc1ncnc2c1ncn2[C@@H]1O[C@@]2(CN3CCOCC3)COC1[C@H]2O[Si](C)(C)C(C)(C)C. The van der Waals surface area contributed by atoms with E-state index >= 15 is 0 Å². The Kier molecular flexibility index (Phi) is 6.71. The third-order valence-corrected chi connectivity index (χ3v) is 12.3. The van der Waals surface area contributed by atoms with Crippen LogP contribution in [0.15, 0.2) is 17.6 Å². The lowest BCUT2D eigenvalue weighted by Crippen LogP contribution is -2.57. The third kappa shape index (κ3) is 4.59. The lowest BCUT2D eigenvalue weighted by molar-refractivity contribution is -0.181. The molecule has 3 fully saturated rings. The minimum absolute atomic E-state index is 0.0684. The predicted octanol–water partition coefficient (Wildman–Crippen LogP) is 2.44. The lowest BCUT2D eigenvalue weighted by atomic mass is 9.98. The van der Waals surface area contributed by atoms with Gasteiger partial charge in [0.1, 0.15) is 24.1 Å². The van der Waals surface area contributed by atoms with Crippen LogP contribution in [0.2, 0.25) is 18.1 Å². The first-order valence-corrected chi connectivity index (χ1v) is 15.6. The average Bonchev–Trinajstić information content (AvgIpc) is 3.47. The van der Waals surface area contributed by atoms with Crippen molar-refractivity contribution in [3.63, 3.8) is 0 Å². The number of aromatic nitrogens is 4. The molecule has 3 saturated heterocycles. The number of fused-ring (bicyclic) bond motifs is 3. The van der Waals surface area contributed by atoms with Crippen molar-refractivity contribution < 1.29 is 18.6 Å². The first kappa shape index (κ1) is 25.7. The van der Waals surface area contributed by atoms with Crippen LogP contribution >= 0.6 is 0 Å². The lowest BCUT2D eigenvalue weighted by Gasteiger charge is -2.42. The van der Waals surface area contributed by atoms with Gasteiger partial charge in [0.2, 0.25) is 0 Å². The second kappa shape index (κ2) is 9.41. The number of morpholine rings is 1.